The van der Waals surface area contributed by atoms with Gasteiger partial charge in [-0.1, -0.05) is 19.1 Å². The average molecular weight is 396 g/mol. The summed E-state index contributed by atoms with van der Waals surface area (Å²) in [5.41, 5.74) is 0.223. The maximum absolute atomic E-state index is 12.9. The van der Waals surface area contributed by atoms with Crippen molar-refractivity contribution in [2.45, 2.75) is 37.3 Å². The van der Waals surface area contributed by atoms with E-state index in [9.17, 15) is 18.0 Å². The number of nitrogens with zero attached hydrogens (tertiary/aromatic N) is 2. The number of piperazine rings is 1. The number of carbonyl (C=O) groups excluding carboxylic acids is 2. The Morgan fingerprint density at radius 1 is 1.11 bits per heavy atom. The van der Waals surface area contributed by atoms with E-state index in [0.717, 1.165) is 6.42 Å². The summed E-state index contributed by atoms with van der Waals surface area (Å²) in [6.07, 6.45) is 0.896. The van der Waals surface area contributed by atoms with Gasteiger partial charge in [-0.15, -0.1) is 0 Å². The van der Waals surface area contributed by atoms with Gasteiger partial charge >= 0.3 is 0 Å². The van der Waals surface area contributed by atoms with Crippen LogP contribution in [0.1, 0.15) is 37.6 Å². The summed E-state index contributed by atoms with van der Waals surface area (Å²) in [7, 11) is -3.54. The van der Waals surface area contributed by atoms with Crippen molar-refractivity contribution in [2.75, 3.05) is 39.3 Å². The SMILES string of the molecule is CCCNC(=O)CN1CCN(C(=O)c2ccccc2S(=O)(=O)C(C)C)CC1. The zero-order chi connectivity index (χ0) is 20.0. The lowest BCUT2D eigenvalue weighted by Crippen LogP contribution is -2.51. The Labute approximate surface area is 161 Å². The summed E-state index contributed by atoms with van der Waals surface area (Å²) in [4.78, 5) is 28.5. The number of benzene rings is 1. The molecule has 0 saturated carbocycles. The monoisotopic (exact) mass is 395 g/mol. The Hall–Kier alpha value is -1.93. The van der Waals surface area contributed by atoms with Crippen LogP contribution in [0.5, 0.6) is 0 Å². The molecule has 0 radical (unpaired) electrons. The van der Waals surface area contributed by atoms with Crippen LogP contribution in [0.25, 0.3) is 0 Å². The summed E-state index contributed by atoms with van der Waals surface area (Å²) >= 11 is 0. The first-order valence-corrected chi connectivity index (χ1v) is 10.9. The van der Waals surface area contributed by atoms with Crippen molar-refractivity contribution in [3.8, 4) is 0 Å². The molecule has 0 unspecified atom stereocenters. The third kappa shape index (κ3) is 5.29. The van der Waals surface area contributed by atoms with E-state index in [1.54, 1.807) is 36.9 Å². The Morgan fingerprint density at radius 2 is 1.74 bits per heavy atom. The van der Waals surface area contributed by atoms with Crippen molar-refractivity contribution >= 4 is 21.7 Å². The van der Waals surface area contributed by atoms with Gasteiger partial charge in [-0.25, -0.2) is 8.42 Å². The molecule has 27 heavy (non-hydrogen) atoms. The molecule has 1 aliphatic heterocycles. The number of carbonyl (C=O) groups is 2. The molecule has 0 aromatic heterocycles. The lowest BCUT2D eigenvalue weighted by molar-refractivity contribution is -0.122. The van der Waals surface area contributed by atoms with Crippen LogP contribution in [0.3, 0.4) is 0 Å². The maximum atomic E-state index is 12.9. The Kier molecular flexibility index (Phi) is 7.38. The highest BCUT2D eigenvalue weighted by molar-refractivity contribution is 7.92. The molecule has 2 rings (SSSR count). The summed E-state index contributed by atoms with van der Waals surface area (Å²) in [6, 6.07) is 6.39. The largest absolute Gasteiger partial charge is 0.355 e. The molecule has 150 valence electrons. The van der Waals surface area contributed by atoms with Gasteiger partial charge in [0.2, 0.25) is 5.91 Å². The number of hydrogen-bond acceptors (Lipinski definition) is 5. The van der Waals surface area contributed by atoms with Crippen molar-refractivity contribution in [3.05, 3.63) is 29.8 Å². The second kappa shape index (κ2) is 9.32. The predicted molar refractivity (Wildman–Crippen MR) is 104 cm³/mol. The highest BCUT2D eigenvalue weighted by Gasteiger charge is 2.29. The van der Waals surface area contributed by atoms with Crippen molar-refractivity contribution in [1.82, 2.24) is 15.1 Å². The fourth-order valence-corrected chi connectivity index (χ4v) is 4.19. The van der Waals surface area contributed by atoms with Crippen molar-refractivity contribution in [2.24, 2.45) is 0 Å². The van der Waals surface area contributed by atoms with E-state index < -0.39 is 15.1 Å². The number of nitrogens with one attached hydrogen (secondary N) is 1. The molecule has 0 spiro atoms. The van der Waals surface area contributed by atoms with Gasteiger partial charge in [0.25, 0.3) is 5.91 Å². The van der Waals surface area contributed by atoms with E-state index in [2.05, 4.69) is 5.32 Å². The van der Waals surface area contributed by atoms with Gasteiger partial charge in [-0.05, 0) is 32.4 Å². The van der Waals surface area contributed by atoms with Gasteiger partial charge in [0.1, 0.15) is 0 Å². The number of rotatable bonds is 7. The van der Waals surface area contributed by atoms with Crippen LogP contribution >= 0.6 is 0 Å². The third-order valence-electron chi connectivity index (χ3n) is 4.64. The molecule has 1 N–H and O–H groups in total. The molecular formula is C19H29N3O4S. The van der Waals surface area contributed by atoms with Gasteiger partial charge in [0.15, 0.2) is 9.84 Å². The smallest absolute Gasteiger partial charge is 0.255 e. The molecule has 1 saturated heterocycles. The normalized spacial score (nSPS) is 15.8. The first-order chi connectivity index (χ1) is 12.8. The number of hydrogen-bond donors (Lipinski definition) is 1. The molecule has 1 fully saturated rings. The topological polar surface area (TPSA) is 86.8 Å². The first-order valence-electron chi connectivity index (χ1n) is 9.38. The Bertz CT molecular complexity index is 769. The molecule has 1 heterocycles. The van der Waals surface area contributed by atoms with Gasteiger partial charge in [-0.2, -0.15) is 0 Å². The molecule has 0 aliphatic carbocycles. The van der Waals surface area contributed by atoms with Crippen LogP contribution in [0, 0.1) is 0 Å². The summed E-state index contributed by atoms with van der Waals surface area (Å²) < 4.78 is 25.2. The number of sulfone groups is 1. The van der Waals surface area contributed by atoms with Crippen LogP contribution in [0.4, 0.5) is 0 Å². The predicted octanol–water partition coefficient (Wildman–Crippen LogP) is 1.15. The molecular weight excluding hydrogens is 366 g/mol. The van der Waals surface area contributed by atoms with Gasteiger partial charge < -0.3 is 10.2 Å². The van der Waals surface area contributed by atoms with Gasteiger partial charge in [0, 0.05) is 32.7 Å². The van der Waals surface area contributed by atoms with Crippen LogP contribution < -0.4 is 5.32 Å². The summed E-state index contributed by atoms with van der Waals surface area (Å²) in [5.74, 6) is -0.282. The highest BCUT2D eigenvalue weighted by Crippen LogP contribution is 2.22. The van der Waals surface area contributed by atoms with Crippen molar-refractivity contribution < 1.29 is 18.0 Å². The zero-order valence-corrected chi connectivity index (χ0v) is 17.1. The minimum absolute atomic E-state index is 0.00926. The van der Waals surface area contributed by atoms with E-state index in [1.807, 2.05) is 11.8 Å². The minimum atomic E-state index is -3.54. The van der Waals surface area contributed by atoms with Crippen molar-refractivity contribution in [3.63, 3.8) is 0 Å². The lowest BCUT2D eigenvalue weighted by Gasteiger charge is -2.34. The third-order valence-corrected chi connectivity index (χ3v) is 6.85. The van der Waals surface area contributed by atoms with E-state index in [4.69, 9.17) is 0 Å². The standard InChI is InChI=1S/C19H29N3O4S/c1-4-9-20-18(23)14-21-10-12-22(13-11-21)19(24)16-7-5-6-8-17(16)27(25,26)15(2)3/h5-8,15H,4,9-14H2,1-3H3,(H,20,23). The molecule has 2 amide bonds. The highest BCUT2D eigenvalue weighted by atomic mass is 32.2. The second-order valence-corrected chi connectivity index (χ2v) is 9.48. The number of amides is 2. The van der Waals surface area contributed by atoms with Gasteiger partial charge in [0.05, 0.1) is 22.3 Å². The molecule has 8 heteroatoms. The molecule has 0 atom stereocenters. The second-order valence-electron chi connectivity index (χ2n) is 7.01. The van der Waals surface area contributed by atoms with Crippen LogP contribution in [-0.4, -0.2) is 74.6 Å². The average Bonchev–Trinajstić information content (AvgIpc) is 2.66. The minimum Gasteiger partial charge on any atom is -0.355 e. The molecule has 7 nitrogen and oxygen atoms in total. The van der Waals surface area contributed by atoms with Crippen LogP contribution in [0.15, 0.2) is 29.2 Å². The maximum Gasteiger partial charge on any atom is 0.255 e. The van der Waals surface area contributed by atoms with Crippen LogP contribution in [0.2, 0.25) is 0 Å². The van der Waals surface area contributed by atoms with Crippen LogP contribution in [-0.2, 0) is 14.6 Å². The Morgan fingerprint density at radius 3 is 2.33 bits per heavy atom. The van der Waals surface area contributed by atoms with E-state index in [-0.39, 0.29) is 22.3 Å². The molecule has 1 aliphatic rings. The molecule has 0 bridgehead atoms. The molecule has 1 aromatic carbocycles. The fraction of sp³-hybridized carbons (Fsp3) is 0.579. The quantitative estimate of drug-likeness (QED) is 0.748. The fourth-order valence-electron chi connectivity index (χ4n) is 2.95. The summed E-state index contributed by atoms with van der Waals surface area (Å²) in [6.45, 7) is 8.32. The lowest BCUT2D eigenvalue weighted by atomic mass is 10.2. The molecule has 1 aromatic rings. The Balaban J connectivity index is 2.04. The van der Waals surface area contributed by atoms with Crippen molar-refractivity contribution in [1.29, 1.82) is 0 Å². The van der Waals surface area contributed by atoms with E-state index in [0.29, 0.717) is 39.3 Å². The van der Waals surface area contributed by atoms with E-state index >= 15 is 0 Å². The summed E-state index contributed by atoms with van der Waals surface area (Å²) in [5, 5.41) is 2.25. The zero-order valence-electron chi connectivity index (χ0n) is 16.3. The first kappa shape index (κ1) is 21.4. The van der Waals surface area contributed by atoms with E-state index in [1.165, 1.54) is 6.07 Å². The van der Waals surface area contributed by atoms with Gasteiger partial charge in [-0.3, -0.25) is 14.5 Å².